The summed E-state index contributed by atoms with van der Waals surface area (Å²) in [6, 6.07) is 18.0. The van der Waals surface area contributed by atoms with Crippen molar-refractivity contribution in [3.8, 4) is 28.2 Å². The molecule has 8 nitrogen and oxygen atoms in total. The van der Waals surface area contributed by atoms with E-state index in [1.807, 2.05) is 75.4 Å². The Labute approximate surface area is 222 Å². The summed E-state index contributed by atoms with van der Waals surface area (Å²) in [5.41, 5.74) is 2.85. The van der Waals surface area contributed by atoms with E-state index in [4.69, 9.17) is 18.6 Å². The maximum atomic E-state index is 12.1. The van der Waals surface area contributed by atoms with Crippen molar-refractivity contribution in [1.29, 1.82) is 0 Å². The maximum absolute atomic E-state index is 12.1. The van der Waals surface area contributed by atoms with Gasteiger partial charge in [0.05, 0.1) is 18.6 Å². The van der Waals surface area contributed by atoms with Gasteiger partial charge < -0.3 is 23.9 Å². The summed E-state index contributed by atoms with van der Waals surface area (Å²) in [6.45, 7) is 5.50. The van der Waals surface area contributed by atoms with Crippen molar-refractivity contribution < 1.29 is 23.4 Å². The molecule has 0 radical (unpaired) electrons. The van der Waals surface area contributed by atoms with E-state index in [-0.39, 0.29) is 24.7 Å². The van der Waals surface area contributed by atoms with E-state index in [1.54, 1.807) is 7.11 Å². The average Bonchev–Trinajstić information content (AvgIpc) is 3.52. The van der Waals surface area contributed by atoms with Gasteiger partial charge >= 0.3 is 5.97 Å². The predicted molar refractivity (Wildman–Crippen MR) is 146 cm³/mol. The number of aromatic nitrogens is 2. The van der Waals surface area contributed by atoms with Crippen molar-refractivity contribution >= 4 is 22.9 Å². The normalized spacial score (nSPS) is 17.5. The zero-order chi connectivity index (χ0) is 26.7. The number of ether oxygens (including phenoxy) is 3. The first kappa shape index (κ1) is 25.7. The number of furan rings is 1. The molecule has 1 aliphatic carbocycles. The van der Waals surface area contributed by atoms with Gasteiger partial charge in [-0.25, -0.2) is 14.8 Å². The highest BCUT2D eigenvalue weighted by atomic mass is 16.6. The van der Waals surface area contributed by atoms with Crippen LogP contribution in [0.1, 0.15) is 40.0 Å². The van der Waals surface area contributed by atoms with Crippen LogP contribution in [-0.2, 0) is 14.3 Å². The highest BCUT2D eigenvalue weighted by molar-refractivity contribution is 6.05. The van der Waals surface area contributed by atoms with Crippen molar-refractivity contribution in [2.75, 3.05) is 19.0 Å². The van der Waals surface area contributed by atoms with Gasteiger partial charge in [0, 0.05) is 17.2 Å². The van der Waals surface area contributed by atoms with Crippen LogP contribution in [0.15, 0.2) is 65.3 Å². The van der Waals surface area contributed by atoms with Gasteiger partial charge in [-0.15, -0.1) is 0 Å². The van der Waals surface area contributed by atoms with E-state index in [9.17, 15) is 4.79 Å². The molecular formula is C30H33N3O5. The number of hydrogen-bond donors (Lipinski definition) is 1. The number of carbonyl (C=O) groups is 1. The number of hydrogen-bond acceptors (Lipinski definition) is 8. The van der Waals surface area contributed by atoms with E-state index in [2.05, 4.69) is 15.3 Å². The van der Waals surface area contributed by atoms with Crippen molar-refractivity contribution in [2.45, 2.75) is 57.8 Å². The van der Waals surface area contributed by atoms with Gasteiger partial charge in [0.2, 0.25) is 5.71 Å². The minimum Gasteiger partial charge on any atom is -0.497 e. The van der Waals surface area contributed by atoms with Crippen molar-refractivity contribution in [3.05, 3.63) is 60.9 Å². The number of methoxy groups -OCH3 is 1. The van der Waals surface area contributed by atoms with Crippen molar-refractivity contribution in [2.24, 2.45) is 0 Å². The molecule has 0 spiro atoms. The second-order valence-corrected chi connectivity index (χ2v) is 10.5. The Balaban J connectivity index is 1.42. The minimum atomic E-state index is -0.524. The lowest BCUT2D eigenvalue weighted by atomic mass is 9.99. The maximum Gasteiger partial charge on any atom is 0.332 e. The lowest BCUT2D eigenvalue weighted by Gasteiger charge is -2.20. The quantitative estimate of drug-likeness (QED) is 0.275. The van der Waals surface area contributed by atoms with Crippen LogP contribution in [-0.4, -0.2) is 47.4 Å². The molecule has 1 aliphatic rings. The first-order valence-electron chi connectivity index (χ1n) is 12.9. The van der Waals surface area contributed by atoms with Crippen LogP contribution in [0.3, 0.4) is 0 Å². The molecule has 1 unspecified atom stereocenters. The lowest BCUT2D eigenvalue weighted by molar-refractivity contribution is -0.162. The average molecular weight is 516 g/mol. The molecule has 8 heteroatoms. The summed E-state index contributed by atoms with van der Waals surface area (Å²) in [5, 5.41) is 4.43. The highest BCUT2D eigenvalue weighted by Gasteiger charge is 2.29. The largest absolute Gasteiger partial charge is 0.497 e. The Kier molecular flexibility index (Phi) is 7.33. The van der Waals surface area contributed by atoms with Crippen LogP contribution in [0.25, 0.3) is 33.6 Å². The fourth-order valence-corrected chi connectivity index (χ4v) is 4.84. The Morgan fingerprint density at radius 2 is 1.79 bits per heavy atom. The van der Waals surface area contributed by atoms with Crippen LogP contribution in [0, 0.1) is 0 Å². The number of nitrogens with one attached hydrogen (secondary N) is 1. The van der Waals surface area contributed by atoms with Gasteiger partial charge in [-0.2, -0.15) is 0 Å². The molecule has 1 saturated carbocycles. The Hall–Kier alpha value is -3.91. The van der Waals surface area contributed by atoms with Gasteiger partial charge in [-0.3, -0.25) is 0 Å². The number of esters is 1. The molecule has 2 heterocycles. The Morgan fingerprint density at radius 1 is 1.03 bits per heavy atom. The summed E-state index contributed by atoms with van der Waals surface area (Å²) in [6.07, 6.45) is 4.00. The van der Waals surface area contributed by atoms with Gasteiger partial charge in [0.1, 0.15) is 35.9 Å². The second kappa shape index (κ2) is 10.8. The van der Waals surface area contributed by atoms with Crippen molar-refractivity contribution in [3.63, 3.8) is 0 Å². The minimum absolute atomic E-state index is 0.0253. The summed E-state index contributed by atoms with van der Waals surface area (Å²) < 4.78 is 22.9. The van der Waals surface area contributed by atoms with Crippen LogP contribution in [0.5, 0.6) is 5.75 Å². The predicted octanol–water partition coefficient (Wildman–Crippen LogP) is 6.26. The molecule has 2 atom stereocenters. The molecule has 1 fully saturated rings. The number of anilines is 1. The smallest absolute Gasteiger partial charge is 0.332 e. The third-order valence-corrected chi connectivity index (χ3v) is 6.49. The molecule has 2 aromatic carbocycles. The SMILES string of the molecule is COc1ccc(-c2c(-c3ccccc3)oc3ncnc(NC4CC[C@H](OCC(=O)OC(C)(C)C)C4)c23)cc1. The molecule has 5 rings (SSSR count). The summed E-state index contributed by atoms with van der Waals surface area (Å²) in [7, 11) is 1.65. The molecule has 0 aliphatic heterocycles. The number of carbonyl (C=O) groups excluding carboxylic acids is 1. The van der Waals surface area contributed by atoms with Gasteiger partial charge in [-0.05, 0) is 57.7 Å². The van der Waals surface area contributed by atoms with Crippen LogP contribution >= 0.6 is 0 Å². The second-order valence-electron chi connectivity index (χ2n) is 10.5. The standard InChI is InChI=1S/C30H33N3O5/c1-30(2,3)38-24(34)17-36-23-15-12-21(16-23)33-28-26-25(19-10-13-22(35-4)14-11-19)27(20-8-6-5-7-9-20)37-29(26)32-18-31-28/h5-11,13-14,18,21,23H,12,15-17H2,1-4H3,(H,31,32,33)/t21?,23-/m0/s1. The lowest BCUT2D eigenvalue weighted by Crippen LogP contribution is -2.28. The van der Waals surface area contributed by atoms with Crippen molar-refractivity contribution in [1.82, 2.24) is 9.97 Å². The highest BCUT2D eigenvalue weighted by Crippen LogP contribution is 2.43. The molecular weight excluding hydrogens is 482 g/mol. The Bertz CT molecular complexity index is 1390. The molecule has 0 saturated heterocycles. The number of fused-ring (bicyclic) bond motifs is 1. The van der Waals surface area contributed by atoms with E-state index in [1.165, 1.54) is 6.33 Å². The van der Waals surface area contributed by atoms with Gasteiger partial charge in [0.15, 0.2) is 0 Å². The van der Waals surface area contributed by atoms with E-state index in [0.717, 1.165) is 52.8 Å². The molecule has 1 N–H and O–H groups in total. The molecule has 2 aromatic heterocycles. The molecule has 38 heavy (non-hydrogen) atoms. The van der Waals surface area contributed by atoms with E-state index < -0.39 is 5.60 Å². The summed E-state index contributed by atoms with van der Waals surface area (Å²) in [4.78, 5) is 21.1. The van der Waals surface area contributed by atoms with E-state index in [0.29, 0.717) is 11.5 Å². The number of benzene rings is 2. The monoisotopic (exact) mass is 515 g/mol. The zero-order valence-electron chi connectivity index (χ0n) is 22.2. The number of nitrogens with zero attached hydrogens (tertiary/aromatic N) is 2. The van der Waals surface area contributed by atoms with E-state index >= 15 is 0 Å². The fraction of sp³-hybridized carbons (Fsp3) is 0.367. The van der Waals surface area contributed by atoms with Crippen LogP contribution in [0.4, 0.5) is 5.82 Å². The molecule has 198 valence electrons. The summed E-state index contributed by atoms with van der Waals surface area (Å²) in [5.74, 6) is 1.88. The first-order valence-corrected chi connectivity index (χ1v) is 12.9. The first-order chi connectivity index (χ1) is 18.3. The van der Waals surface area contributed by atoms with Crippen LogP contribution in [0.2, 0.25) is 0 Å². The summed E-state index contributed by atoms with van der Waals surface area (Å²) >= 11 is 0. The Morgan fingerprint density at radius 3 is 2.50 bits per heavy atom. The third-order valence-electron chi connectivity index (χ3n) is 6.49. The van der Waals surface area contributed by atoms with Gasteiger partial charge in [-0.1, -0.05) is 42.5 Å². The zero-order valence-corrected chi connectivity index (χ0v) is 22.2. The topological polar surface area (TPSA) is 95.7 Å². The molecule has 0 bridgehead atoms. The van der Waals surface area contributed by atoms with Gasteiger partial charge in [0.25, 0.3) is 0 Å². The third kappa shape index (κ3) is 5.81. The fourth-order valence-electron chi connectivity index (χ4n) is 4.84. The number of rotatable bonds is 8. The van der Waals surface area contributed by atoms with Crippen LogP contribution < -0.4 is 10.1 Å². The molecule has 4 aromatic rings. The molecule has 0 amide bonds.